The molecule has 2 fully saturated rings. The van der Waals surface area contributed by atoms with Gasteiger partial charge < -0.3 is 19.9 Å². The highest BCUT2D eigenvalue weighted by Gasteiger charge is 2.21. The molecule has 1 N–H and O–H groups in total. The first kappa shape index (κ1) is 20.0. The molecule has 2 rings (SSSR count). The number of aliphatic imine (C=N–C) groups is 1. The molecule has 1 atom stereocenters. The number of guanidine groups is 1. The Morgan fingerprint density at radius 2 is 2.09 bits per heavy atom. The average molecular weight is 424 g/mol. The highest BCUT2D eigenvalue weighted by atomic mass is 127. The third-order valence-corrected chi connectivity index (χ3v) is 4.47. The first-order valence-electron chi connectivity index (χ1n) is 8.37. The summed E-state index contributed by atoms with van der Waals surface area (Å²) in [6.07, 6.45) is 5.35. The smallest absolute Gasteiger partial charge is 0.193 e. The van der Waals surface area contributed by atoms with Crippen LogP contribution in [-0.4, -0.2) is 76.3 Å². The standard InChI is InChI=1S/C16H32N4O.HI/c1-17-16(18-11-15-5-4-8-19(2)12-15)20(3)9-10-21-13-14-6-7-14;/h14-15H,4-13H2,1-3H3,(H,17,18);1H. The van der Waals surface area contributed by atoms with Gasteiger partial charge in [-0.3, -0.25) is 4.99 Å². The topological polar surface area (TPSA) is 40.1 Å². The summed E-state index contributed by atoms with van der Waals surface area (Å²) in [5.41, 5.74) is 0. The number of nitrogens with zero attached hydrogens (tertiary/aromatic N) is 3. The number of rotatable bonds is 7. The van der Waals surface area contributed by atoms with Gasteiger partial charge in [-0.05, 0) is 51.1 Å². The largest absolute Gasteiger partial charge is 0.379 e. The number of halogens is 1. The highest BCUT2D eigenvalue weighted by molar-refractivity contribution is 14.0. The van der Waals surface area contributed by atoms with E-state index < -0.39 is 0 Å². The molecule has 0 aromatic rings. The minimum absolute atomic E-state index is 0. The van der Waals surface area contributed by atoms with Crippen molar-refractivity contribution in [2.75, 3.05) is 60.5 Å². The lowest BCUT2D eigenvalue weighted by atomic mass is 9.99. The molecule has 22 heavy (non-hydrogen) atoms. The number of nitrogens with one attached hydrogen (secondary N) is 1. The second kappa shape index (κ2) is 10.6. The van der Waals surface area contributed by atoms with Crippen LogP contribution in [0.2, 0.25) is 0 Å². The highest BCUT2D eigenvalue weighted by Crippen LogP contribution is 2.28. The molecule has 0 bridgehead atoms. The van der Waals surface area contributed by atoms with Gasteiger partial charge in [0, 0.05) is 40.3 Å². The fraction of sp³-hybridized carbons (Fsp3) is 0.938. The number of piperidine rings is 1. The van der Waals surface area contributed by atoms with Crippen LogP contribution in [0.5, 0.6) is 0 Å². The van der Waals surface area contributed by atoms with Gasteiger partial charge in [0.1, 0.15) is 0 Å². The first-order chi connectivity index (χ1) is 10.2. The summed E-state index contributed by atoms with van der Waals surface area (Å²) in [4.78, 5) is 8.97. The summed E-state index contributed by atoms with van der Waals surface area (Å²) < 4.78 is 5.70. The van der Waals surface area contributed by atoms with Crippen LogP contribution in [0.1, 0.15) is 25.7 Å². The zero-order chi connectivity index (χ0) is 15.1. The predicted octanol–water partition coefficient (Wildman–Crippen LogP) is 1.88. The second-order valence-corrected chi connectivity index (χ2v) is 6.64. The maximum Gasteiger partial charge on any atom is 0.193 e. The zero-order valence-electron chi connectivity index (χ0n) is 14.4. The van der Waals surface area contributed by atoms with Crippen molar-refractivity contribution in [3.63, 3.8) is 0 Å². The molecule has 0 aromatic carbocycles. The lowest BCUT2D eigenvalue weighted by Gasteiger charge is -2.31. The van der Waals surface area contributed by atoms with Gasteiger partial charge in [-0.1, -0.05) is 0 Å². The van der Waals surface area contributed by atoms with Crippen LogP contribution in [0.25, 0.3) is 0 Å². The Bertz CT molecular complexity index is 336. The molecule has 1 saturated heterocycles. The van der Waals surface area contributed by atoms with Crippen LogP contribution in [-0.2, 0) is 4.74 Å². The molecule has 1 aliphatic heterocycles. The van der Waals surface area contributed by atoms with E-state index in [4.69, 9.17) is 4.74 Å². The molecular formula is C16H33IN4O. The molecule has 130 valence electrons. The Labute approximate surface area is 152 Å². The van der Waals surface area contributed by atoms with Crippen molar-refractivity contribution in [3.8, 4) is 0 Å². The molecule has 2 aliphatic rings. The summed E-state index contributed by atoms with van der Waals surface area (Å²) in [5.74, 6) is 2.56. The van der Waals surface area contributed by atoms with Gasteiger partial charge in [-0.25, -0.2) is 0 Å². The van der Waals surface area contributed by atoms with Gasteiger partial charge in [0.05, 0.1) is 6.61 Å². The van der Waals surface area contributed by atoms with Crippen molar-refractivity contribution in [2.45, 2.75) is 25.7 Å². The van der Waals surface area contributed by atoms with Crippen LogP contribution in [0.4, 0.5) is 0 Å². The van der Waals surface area contributed by atoms with Gasteiger partial charge in [-0.2, -0.15) is 0 Å². The first-order valence-corrected chi connectivity index (χ1v) is 8.37. The van der Waals surface area contributed by atoms with Crippen molar-refractivity contribution in [1.82, 2.24) is 15.1 Å². The Balaban J connectivity index is 0.00000242. The number of hydrogen-bond acceptors (Lipinski definition) is 3. The van der Waals surface area contributed by atoms with E-state index in [9.17, 15) is 0 Å². The van der Waals surface area contributed by atoms with Crippen molar-refractivity contribution in [2.24, 2.45) is 16.8 Å². The van der Waals surface area contributed by atoms with Crippen molar-refractivity contribution in [3.05, 3.63) is 0 Å². The molecule has 1 aliphatic carbocycles. The van der Waals surface area contributed by atoms with Crippen LogP contribution >= 0.6 is 24.0 Å². The summed E-state index contributed by atoms with van der Waals surface area (Å²) in [7, 11) is 6.16. The van der Waals surface area contributed by atoms with Crippen molar-refractivity contribution in [1.29, 1.82) is 0 Å². The third-order valence-electron chi connectivity index (χ3n) is 4.47. The molecule has 1 unspecified atom stereocenters. The van der Waals surface area contributed by atoms with E-state index in [0.717, 1.165) is 44.1 Å². The van der Waals surface area contributed by atoms with Crippen molar-refractivity contribution < 1.29 is 4.74 Å². The summed E-state index contributed by atoms with van der Waals surface area (Å²) in [6.45, 7) is 6.08. The lowest BCUT2D eigenvalue weighted by molar-refractivity contribution is 0.115. The quantitative estimate of drug-likeness (QED) is 0.293. The monoisotopic (exact) mass is 424 g/mol. The third kappa shape index (κ3) is 7.46. The Morgan fingerprint density at radius 1 is 1.32 bits per heavy atom. The normalized spacial score (nSPS) is 23.0. The molecule has 0 amide bonds. The van der Waals surface area contributed by atoms with Gasteiger partial charge in [0.15, 0.2) is 5.96 Å². The molecule has 6 heteroatoms. The van der Waals surface area contributed by atoms with Crippen LogP contribution in [0, 0.1) is 11.8 Å². The molecule has 0 radical (unpaired) electrons. The zero-order valence-corrected chi connectivity index (χ0v) is 16.7. The average Bonchev–Trinajstić information content (AvgIpc) is 3.28. The lowest BCUT2D eigenvalue weighted by Crippen LogP contribution is -2.45. The van der Waals surface area contributed by atoms with Crippen molar-refractivity contribution >= 4 is 29.9 Å². The van der Waals surface area contributed by atoms with E-state index in [1.807, 2.05) is 7.05 Å². The number of likely N-dealkylation sites (tertiary alicyclic amines) is 1. The molecule has 1 saturated carbocycles. The van der Waals surface area contributed by atoms with Gasteiger partial charge in [0.25, 0.3) is 0 Å². The van der Waals surface area contributed by atoms with Gasteiger partial charge >= 0.3 is 0 Å². The Hall–Kier alpha value is -0.0800. The van der Waals surface area contributed by atoms with Crippen LogP contribution in [0.15, 0.2) is 4.99 Å². The van der Waals surface area contributed by atoms with Gasteiger partial charge in [0.2, 0.25) is 0 Å². The Kier molecular flexibility index (Phi) is 9.66. The van der Waals surface area contributed by atoms with E-state index in [1.165, 1.54) is 38.8 Å². The molecular weight excluding hydrogens is 391 g/mol. The van der Waals surface area contributed by atoms with E-state index in [1.54, 1.807) is 0 Å². The SMILES string of the molecule is CN=C(NCC1CCCN(C)C1)N(C)CCOCC1CC1.I. The van der Waals surface area contributed by atoms with Gasteiger partial charge in [-0.15, -0.1) is 24.0 Å². The number of ether oxygens (including phenoxy) is 1. The summed E-state index contributed by atoms with van der Waals surface area (Å²) in [6, 6.07) is 0. The molecule has 5 nitrogen and oxygen atoms in total. The fourth-order valence-corrected chi connectivity index (χ4v) is 2.90. The van der Waals surface area contributed by atoms with E-state index in [2.05, 4.69) is 34.2 Å². The molecule has 0 aromatic heterocycles. The molecule has 1 heterocycles. The summed E-state index contributed by atoms with van der Waals surface area (Å²) in [5, 5.41) is 3.52. The summed E-state index contributed by atoms with van der Waals surface area (Å²) >= 11 is 0. The van der Waals surface area contributed by atoms with E-state index in [-0.39, 0.29) is 24.0 Å². The van der Waals surface area contributed by atoms with Crippen LogP contribution < -0.4 is 5.32 Å². The fourth-order valence-electron chi connectivity index (χ4n) is 2.90. The minimum atomic E-state index is 0. The Morgan fingerprint density at radius 3 is 2.73 bits per heavy atom. The molecule has 0 spiro atoms. The number of hydrogen-bond donors (Lipinski definition) is 1. The maximum absolute atomic E-state index is 5.70. The number of likely N-dealkylation sites (N-methyl/N-ethyl adjacent to an activating group) is 1. The predicted molar refractivity (Wildman–Crippen MR) is 103 cm³/mol. The van der Waals surface area contributed by atoms with E-state index >= 15 is 0 Å². The van der Waals surface area contributed by atoms with Crippen LogP contribution in [0.3, 0.4) is 0 Å². The van der Waals surface area contributed by atoms with E-state index in [0.29, 0.717) is 0 Å². The maximum atomic E-state index is 5.70. The second-order valence-electron chi connectivity index (χ2n) is 6.64. The minimum Gasteiger partial charge on any atom is -0.379 e.